The second-order valence-electron chi connectivity index (χ2n) is 3.15. The first-order valence-electron chi connectivity index (χ1n) is 4.57. The number of carbonyl (C=O) groups is 1. The van der Waals surface area contributed by atoms with Gasteiger partial charge in [0.15, 0.2) is 5.13 Å². The lowest BCUT2D eigenvalue weighted by atomic mass is 10.3. The summed E-state index contributed by atoms with van der Waals surface area (Å²) < 4.78 is 0. The molecule has 0 aliphatic heterocycles. The van der Waals surface area contributed by atoms with Gasteiger partial charge in [0.25, 0.3) is 0 Å². The second kappa shape index (κ2) is 6.05. The monoisotopic (exact) mass is 249 g/mol. The third-order valence-electron chi connectivity index (χ3n) is 1.87. The summed E-state index contributed by atoms with van der Waals surface area (Å²) in [6.45, 7) is 5.69. The van der Waals surface area contributed by atoms with Gasteiger partial charge >= 0.3 is 0 Å². The van der Waals surface area contributed by atoms with Crippen molar-refractivity contribution in [2.45, 2.75) is 33.2 Å². The predicted molar refractivity (Wildman–Crippen MR) is 65.8 cm³/mol. The van der Waals surface area contributed by atoms with Crippen LogP contribution in [0.2, 0.25) is 0 Å². The molecule has 0 bridgehead atoms. The summed E-state index contributed by atoms with van der Waals surface area (Å²) in [7, 11) is 0. The normalized spacial score (nSPS) is 11.7. The number of nitrogens with one attached hydrogen (secondary N) is 1. The minimum absolute atomic E-state index is 0. The fraction of sp³-hybridized carbons (Fsp3) is 0.556. The number of aromatic nitrogens is 1. The van der Waals surface area contributed by atoms with E-state index in [-0.39, 0.29) is 18.3 Å². The van der Waals surface area contributed by atoms with Crippen molar-refractivity contribution in [3.8, 4) is 0 Å². The average Bonchev–Trinajstić information content (AvgIpc) is 2.45. The molecular weight excluding hydrogens is 234 g/mol. The van der Waals surface area contributed by atoms with E-state index in [1.807, 2.05) is 13.8 Å². The summed E-state index contributed by atoms with van der Waals surface area (Å²) in [5.74, 6) is -0.193. The number of thiazole rings is 1. The quantitative estimate of drug-likeness (QED) is 0.857. The van der Waals surface area contributed by atoms with Crippen LogP contribution >= 0.6 is 23.7 Å². The number of carbonyl (C=O) groups excluding carboxylic acids is 1. The molecule has 0 saturated carbocycles. The van der Waals surface area contributed by atoms with Crippen molar-refractivity contribution in [3.63, 3.8) is 0 Å². The molecule has 0 spiro atoms. The van der Waals surface area contributed by atoms with Crippen LogP contribution in [0.1, 0.15) is 24.4 Å². The first-order chi connectivity index (χ1) is 6.54. The molecule has 1 atom stereocenters. The molecule has 3 N–H and O–H groups in total. The Balaban J connectivity index is 0.00000196. The minimum atomic E-state index is -0.496. The number of rotatable bonds is 3. The SMILES string of the molecule is CCc1nc(NC(=O)C(C)N)sc1C.Cl. The number of hydrogen-bond donors (Lipinski definition) is 2. The summed E-state index contributed by atoms with van der Waals surface area (Å²) >= 11 is 1.49. The topological polar surface area (TPSA) is 68.0 Å². The number of nitrogens with two attached hydrogens (primary N) is 1. The fourth-order valence-corrected chi connectivity index (χ4v) is 1.93. The number of anilines is 1. The summed E-state index contributed by atoms with van der Waals surface area (Å²) in [4.78, 5) is 16.7. The number of hydrogen-bond acceptors (Lipinski definition) is 4. The van der Waals surface area contributed by atoms with E-state index in [0.29, 0.717) is 5.13 Å². The number of nitrogens with zero attached hydrogens (tertiary/aromatic N) is 1. The maximum Gasteiger partial charge on any atom is 0.242 e. The molecule has 1 aromatic rings. The molecular formula is C9H16ClN3OS. The summed E-state index contributed by atoms with van der Waals surface area (Å²) in [6, 6.07) is -0.496. The molecule has 4 nitrogen and oxygen atoms in total. The maximum atomic E-state index is 11.3. The Hall–Kier alpha value is -0.650. The molecule has 86 valence electrons. The minimum Gasteiger partial charge on any atom is -0.320 e. The zero-order valence-electron chi connectivity index (χ0n) is 9.03. The molecule has 6 heteroatoms. The number of amides is 1. The van der Waals surface area contributed by atoms with Gasteiger partial charge in [-0.3, -0.25) is 4.79 Å². The van der Waals surface area contributed by atoms with Gasteiger partial charge in [-0.05, 0) is 20.3 Å². The fourth-order valence-electron chi connectivity index (χ4n) is 1.03. The Morgan fingerprint density at radius 3 is 2.67 bits per heavy atom. The van der Waals surface area contributed by atoms with Crippen molar-refractivity contribution in [1.82, 2.24) is 4.98 Å². The molecule has 1 rings (SSSR count). The maximum absolute atomic E-state index is 11.3. The average molecular weight is 250 g/mol. The van der Waals surface area contributed by atoms with Gasteiger partial charge in [-0.1, -0.05) is 6.92 Å². The highest BCUT2D eigenvalue weighted by Gasteiger charge is 2.11. The van der Waals surface area contributed by atoms with Gasteiger partial charge in [-0.2, -0.15) is 0 Å². The van der Waals surface area contributed by atoms with Crippen molar-refractivity contribution < 1.29 is 4.79 Å². The van der Waals surface area contributed by atoms with Crippen molar-refractivity contribution in [2.24, 2.45) is 5.73 Å². The Morgan fingerprint density at radius 1 is 1.67 bits per heavy atom. The van der Waals surface area contributed by atoms with Crippen molar-refractivity contribution in [3.05, 3.63) is 10.6 Å². The summed E-state index contributed by atoms with van der Waals surface area (Å²) in [6.07, 6.45) is 0.885. The number of halogens is 1. The lowest BCUT2D eigenvalue weighted by Crippen LogP contribution is -2.32. The standard InChI is InChI=1S/C9H15N3OS.ClH/c1-4-7-6(3)14-9(11-7)12-8(13)5(2)10;/h5H,4,10H2,1-3H3,(H,11,12,13);1H. The highest BCUT2D eigenvalue weighted by molar-refractivity contribution is 7.15. The predicted octanol–water partition coefficient (Wildman–Crippen LogP) is 1.72. The molecule has 0 aliphatic carbocycles. The van der Waals surface area contributed by atoms with Gasteiger partial charge in [0, 0.05) is 4.88 Å². The van der Waals surface area contributed by atoms with E-state index in [1.165, 1.54) is 11.3 Å². The Morgan fingerprint density at radius 2 is 2.27 bits per heavy atom. The summed E-state index contributed by atoms with van der Waals surface area (Å²) in [5.41, 5.74) is 6.46. The van der Waals surface area contributed by atoms with Crippen LogP contribution in [0, 0.1) is 6.92 Å². The van der Waals surface area contributed by atoms with Gasteiger partial charge in [0.2, 0.25) is 5.91 Å². The van der Waals surface area contributed by atoms with E-state index in [2.05, 4.69) is 10.3 Å². The van der Waals surface area contributed by atoms with Crippen LogP contribution in [0.3, 0.4) is 0 Å². The first kappa shape index (κ1) is 14.3. The number of aryl methyl sites for hydroxylation is 2. The molecule has 0 fully saturated rings. The molecule has 0 radical (unpaired) electrons. The van der Waals surface area contributed by atoms with Crippen LogP contribution < -0.4 is 11.1 Å². The molecule has 0 saturated heterocycles. The molecule has 1 heterocycles. The highest BCUT2D eigenvalue weighted by atomic mass is 35.5. The first-order valence-corrected chi connectivity index (χ1v) is 5.39. The van der Waals surface area contributed by atoms with Crippen LogP contribution in [0.15, 0.2) is 0 Å². The Labute approximate surface area is 99.7 Å². The molecule has 0 aromatic carbocycles. The van der Waals surface area contributed by atoms with Crippen LogP contribution in [0.25, 0.3) is 0 Å². The van der Waals surface area contributed by atoms with Crippen LogP contribution in [0.5, 0.6) is 0 Å². The third kappa shape index (κ3) is 3.77. The van der Waals surface area contributed by atoms with E-state index >= 15 is 0 Å². The zero-order valence-corrected chi connectivity index (χ0v) is 10.7. The van der Waals surface area contributed by atoms with E-state index in [1.54, 1.807) is 6.92 Å². The van der Waals surface area contributed by atoms with Gasteiger partial charge in [0.1, 0.15) is 0 Å². The lowest BCUT2D eigenvalue weighted by molar-refractivity contribution is -0.117. The van der Waals surface area contributed by atoms with Crippen molar-refractivity contribution >= 4 is 34.8 Å². The highest BCUT2D eigenvalue weighted by Crippen LogP contribution is 2.22. The molecule has 1 aromatic heterocycles. The zero-order chi connectivity index (χ0) is 10.7. The van der Waals surface area contributed by atoms with Crippen LogP contribution in [0.4, 0.5) is 5.13 Å². The van der Waals surface area contributed by atoms with Crippen LogP contribution in [-0.2, 0) is 11.2 Å². The molecule has 1 unspecified atom stereocenters. The van der Waals surface area contributed by atoms with E-state index in [9.17, 15) is 4.79 Å². The van der Waals surface area contributed by atoms with E-state index < -0.39 is 6.04 Å². The van der Waals surface area contributed by atoms with E-state index in [0.717, 1.165) is 17.0 Å². The lowest BCUT2D eigenvalue weighted by Gasteiger charge is -2.03. The van der Waals surface area contributed by atoms with Gasteiger partial charge < -0.3 is 11.1 Å². The molecule has 15 heavy (non-hydrogen) atoms. The Bertz CT molecular complexity index is 338. The second-order valence-corrected chi connectivity index (χ2v) is 4.36. The largest absolute Gasteiger partial charge is 0.320 e. The van der Waals surface area contributed by atoms with Crippen molar-refractivity contribution in [1.29, 1.82) is 0 Å². The van der Waals surface area contributed by atoms with Gasteiger partial charge in [0.05, 0.1) is 11.7 Å². The third-order valence-corrected chi connectivity index (χ3v) is 2.80. The van der Waals surface area contributed by atoms with Crippen molar-refractivity contribution in [2.75, 3.05) is 5.32 Å². The molecule has 0 aliphatic rings. The molecule has 1 amide bonds. The Kier molecular flexibility index (Phi) is 5.79. The smallest absolute Gasteiger partial charge is 0.242 e. The van der Waals surface area contributed by atoms with Crippen LogP contribution in [-0.4, -0.2) is 16.9 Å². The van der Waals surface area contributed by atoms with Gasteiger partial charge in [-0.25, -0.2) is 4.98 Å². The van der Waals surface area contributed by atoms with E-state index in [4.69, 9.17) is 5.73 Å². The van der Waals surface area contributed by atoms with Gasteiger partial charge in [-0.15, -0.1) is 23.7 Å². The summed E-state index contributed by atoms with van der Waals surface area (Å²) in [5, 5.41) is 3.32.